The fourth-order valence-corrected chi connectivity index (χ4v) is 4.03. The number of aromatic nitrogens is 2. The van der Waals surface area contributed by atoms with Gasteiger partial charge < -0.3 is 19.9 Å². The van der Waals surface area contributed by atoms with Gasteiger partial charge in [0, 0.05) is 44.5 Å². The summed E-state index contributed by atoms with van der Waals surface area (Å²) in [5, 5.41) is 0. The van der Waals surface area contributed by atoms with Gasteiger partial charge in [0.1, 0.15) is 12.4 Å². The molecule has 2 fully saturated rings. The predicted molar refractivity (Wildman–Crippen MR) is 96.4 cm³/mol. The molecule has 1 aromatic rings. The van der Waals surface area contributed by atoms with Crippen LogP contribution < -0.4 is 5.73 Å². The number of rotatable bonds is 6. The van der Waals surface area contributed by atoms with Crippen LogP contribution in [0.15, 0.2) is 12.4 Å². The van der Waals surface area contributed by atoms with Crippen molar-refractivity contribution in [2.24, 2.45) is 5.73 Å². The number of piperidine rings is 1. The van der Waals surface area contributed by atoms with Crippen LogP contribution in [0.1, 0.15) is 37.9 Å². The number of primary amides is 1. The van der Waals surface area contributed by atoms with E-state index in [9.17, 15) is 9.59 Å². The van der Waals surface area contributed by atoms with Crippen LogP contribution in [0.25, 0.3) is 0 Å². The monoisotopic (exact) mass is 363 g/mol. The smallest absolute Gasteiger partial charge is 0.239 e. The molecular formula is C18H29N5O3. The Kier molecular flexibility index (Phi) is 6.26. The Balaban J connectivity index is 1.58. The van der Waals surface area contributed by atoms with Crippen molar-refractivity contribution in [2.75, 3.05) is 39.4 Å². The van der Waals surface area contributed by atoms with Gasteiger partial charge in [0.2, 0.25) is 11.8 Å². The molecule has 2 aliphatic heterocycles. The minimum atomic E-state index is -0.367. The summed E-state index contributed by atoms with van der Waals surface area (Å²) in [6.45, 7) is 6.75. The van der Waals surface area contributed by atoms with Gasteiger partial charge in [-0.15, -0.1) is 0 Å². The first kappa shape index (κ1) is 18.8. The number of carbonyl (C=O) groups excluding carboxylic acids is 2. The molecule has 2 amide bonds. The second kappa shape index (κ2) is 8.64. The zero-order valence-corrected chi connectivity index (χ0v) is 15.5. The number of imidazole rings is 1. The highest BCUT2D eigenvalue weighted by molar-refractivity contribution is 5.82. The van der Waals surface area contributed by atoms with Gasteiger partial charge in [-0.3, -0.25) is 14.5 Å². The number of hydrogen-bond donors (Lipinski definition) is 1. The Morgan fingerprint density at radius 2 is 1.96 bits per heavy atom. The summed E-state index contributed by atoms with van der Waals surface area (Å²) >= 11 is 0. The van der Waals surface area contributed by atoms with Crippen molar-refractivity contribution in [3.8, 4) is 0 Å². The van der Waals surface area contributed by atoms with Crippen LogP contribution in [0.5, 0.6) is 0 Å². The van der Waals surface area contributed by atoms with E-state index in [0.29, 0.717) is 13.2 Å². The maximum Gasteiger partial charge on any atom is 0.239 e. The maximum absolute atomic E-state index is 13.0. The van der Waals surface area contributed by atoms with Crippen molar-refractivity contribution < 1.29 is 14.3 Å². The van der Waals surface area contributed by atoms with Crippen molar-refractivity contribution in [1.82, 2.24) is 19.4 Å². The Hall–Kier alpha value is -1.93. The first-order valence-electron chi connectivity index (χ1n) is 9.50. The minimum absolute atomic E-state index is 0.0488. The molecule has 8 nitrogen and oxygen atoms in total. The standard InChI is InChI=1S/C18H29N5O3/c1-2-15(21-9-11-26-12-10-21)18(25)22-6-3-14(4-7-22)17-20-5-8-23(17)13-16(19)24/h5,8,14-15H,2-4,6-7,9-13H2,1H3,(H2,19,24)/t15-/m1/s1. The van der Waals surface area contributed by atoms with Gasteiger partial charge in [-0.25, -0.2) is 4.98 Å². The van der Waals surface area contributed by atoms with Crippen LogP contribution in [0.2, 0.25) is 0 Å². The van der Waals surface area contributed by atoms with Gasteiger partial charge in [-0.05, 0) is 19.3 Å². The van der Waals surface area contributed by atoms with Crippen molar-refractivity contribution in [3.63, 3.8) is 0 Å². The van der Waals surface area contributed by atoms with Crippen molar-refractivity contribution in [3.05, 3.63) is 18.2 Å². The number of nitrogens with zero attached hydrogens (tertiary/aromatic N) is 4. The molecule has 2 saturated heterocycles. The van der Waals surface area contributed by atoms with Gasteiger partial charge >= 0.3 is 0 Å². The topological polar surface area (TPSA) is 93.7 Å². The summed E-state index contributed by atoms with van der Waals surface area (Å²) < 4.78 is 7.23. The lowest BCUT2D eigenvalue weighted by atomic mass is 9.95. The number of morpholine rings is 1. The van der Waals surface area contributed by atoms with Gasteiger partial charge in [0.25, 0.3) is 0 Å². The molecule has 3 rings (SSSR count). The lowest BCUT2D eigenvalue weighted by Gasteiger charge is -2.38. The maximum atomic E-state index is 13.0. The van der Waals surface area contributed by atoms with Crippen LogP contribution in [-0.4, -0.2) is 76.6 Å². The zero-order valence-electron chi connectivity index (χ0n) is 15.5. The molecule has 144 valence electrons. The van der Waals surface area contributed by atoms with Crippen LogP contribution in [0.3, 0.4) is 0 Å². The number of carbonyl (C=O) groups is 2. The van der Waals surface area contributed by atoms with Crippen LogP contribution >= 0.6 is 0 Å². The number of hydrogen-bond acceptors (Lipinski definition) is 5. The summed E-state index contributed by atoms with van der Waals surface area (Å²) in [6, 6.07) is -0.0488. The largest absolute Gasteiger partial charge is 0.379 e. The van der Waals surface area contributed by atoms with E-state index >= 15 is 0 Å². The van der Waals surface area contributed by atoms with Gasteiger partial charge in [0.15, 0.2) is 0 Å². The van der Waals surface area contributed by atoms with E-state index in [-0.39, 0.29) is 30.3 Å². The molecule has 0 bridgehead atoms. The Bertz CT molecular complexity index is 618. The van der Waals surface area contributed by atoms with Gasteiger partial charge in [-0.1, -0.05) is 6.92 Å². The third kappa shape index (κ3) is 4.24. The summed E-state index contributed by atoms with van der Waals surface area (Å²) in [4.78, 5) is 32.9. The Morgan fingerprint density at radius 3 is 2.58 bits per heavy atom. The third-order valence-corrected chi connectivity index (χ3v) is 5.40. The van der Waals surface area contributed by atoms with Crippen molar-refractivity contribution in [2.45, 2.75) is 44.7 Å². The summed E-state index contributed by atoms with van der Waals surface area (Å²) in [5.41, 5.74) is 5.31. The molecule has 2 aliphatic rings. The molecule has 1 atom stereocenters. The number of amides is 2. The molecule has 2 N–H and O–H groups in total. The second-order valence-electron chi connectivity index (χ2n) is 7.05. The van der Waals surface area contributed by atoms with Gasteiger partial charge in [-0.2, -0.15) is 0 Å². The molecule has 1 aromatic heterocycles. The predicted octanol–water partition coefficient (Wildman–Crippen LogP) is 0.185. The average molecular weight is 363 g/mol. The molecule has 0 radical (unpaired) electrons. The average Bonchev–Trinajstić information content (AvgIpc) is 3.10. The molecule has 26 heavy (non-hydrogen) atoms. The molecule has 0 spiro atoms. The highest BCUT2D eigenvalue weighted by Crippen LogP contribution is 2.28. The molecule has 3 heterocycles. The minimum Gasteiger partial charge on any atom is -0.379 e. The number of likely N-dealkylation sites (tertiary alicyclic amines) is 1. The van der Waals surface area contributed by atoms with Crippen LogP contribution in [0, 0.1) is 0 Å². The van der Waals surface area contributed by atoms with E-state index in [4.69, 9.17) is 10.5 Å². The zero-order chi connectivity index (χ0) is 18.5. The van der Waals surface area contributed by atoms with E-state index in [1.165, 1.54) is 0 Å². The van der Waals surface area contributed by atoms with Crippen molar-refractivity contribution >= 4 is 11.8 Å². The molecular weight excluding hydrogens is 334 g/mol. The fraction of sp³-hybridized carbons (Fsp3) is 0.722. The molecule has 0 saturated carbocycles. The third-order valence-electron chi connectivity index (χ3n) is 5.40. The van der Waals surface area contributed by atoms with Crippen molar-refractivity contribution in [1.29, 1.82) is 0 Å². The Morgan fingerprint density at radius 1 is 1.27 bits per heavy atom. The highest BCUT2D eigenvalue weighted by Gasteiger charge is 2.32. The summed E-state index contributed by atoms with van der Waals surface area (Å²) in [5.74, 6) is 1.02. The SMILES string of the molecule is CC[C@H](C(=O)N1CCC(c2nccn2CC(N)=O)CC1)N1CCOCC1. The first-order chi connectivity index (χ1) is 12.6. The molecule has 0 unspecified atom stereocenters. The molecule has 8 heteroatoms. The summed E-state index contributed by atoms with van der Waals surface area (Å²) in [7, 11) is 0. The van der Waals surface area contributed by atoms with Crippen LogP contribution in [0.4, 0.5) is 0 Å². The quantitative estimate of drug-likeness (QED) is 0.778. The fourth-order valence-electron chi connectivity index (χ4n) is 4.03. The number of nitrogens with two attached hydrogens (primary N) is 1. The normalized spacial score (nSPS) is 20.9. The van der Waals surface area contributed by atoms with E-state index in [1.807, 2.05) is 9.47 Å². The lowest BCUT2D eigenvalue weighted by molar-refractivity contribution is -0.140. The van der Waals surface area contributed by atoms with Crippen LogP contribution in [-0.2, 0) is 20.9 Å². The first-order valence-corrected chi connectivity index (χ1v) is 9.50. The van der Waals surface area contributed by atoms with E-state index in [2.05, 4.69) is 16.8 Å². The molecule has 0 aliphatic carbocycles. The lowest BCUT2D eigenvalue weighted by Crippen LogP contribution is -2.53. The Labute approximate surface area is 154 Å². The summed E-state index contributed by atoms with van der Waals surface area (Å²) in [6.07, 6.45) is 6.05. The second-order valence-corrected chi connectivity index (χ2v) is 7.05. The number of ether oxygens (including phenoxy) is 1. The molecule has 0 aromatic carbocycles. The van der Waals surface area contributed by atoms with E-state index in [1.54, 1.807) is 12.4 Å². The highest BCUT2D eigenvalue weighted by atomic mass is 16.5. The van der Waals surface area contributed by atoms with Gasteiger partial charge in [0.05, 0.1) is 19.3 Å². The van der Waals surface area contributed by atoms with E-state index < -0.39 is 0 Å². The van der Waals surface area contributed by atoms with E-state index in [0.717, 1.165) is 51.3 Å².